The van der Waals surface area contributed by atoms with Gasteiger partial charge in [0.15, 0.2) is 0 Å². The Hall–Kier alpha value is -2.05. The van der Waals surface area contributed by atoms with Gasteiger partial charge in [-0.1, -0.05) is 11.3 Å². The first-order valence-electron chi connectivity index (χ1n) is 5.27. The highest BCUT2D eigenvalue weighted by Crippen LogP contribution is 2.20. The highest BCUT2D eigenvalue weighted by atomic mass is 32.2. The molecule has 2 rings (SSSR count). The van der Waals surface area contributed by atoms with Gasteiger partial charge < -0.3 is 11.1 Å². The Morgan fingerprint density at radius 2 is 2.25 bits per heavy atom. The van der Waals surface area contributed by atoms with Crippen LogP contribution in [0.4, 0.5) is 10.9 Å². The summed E-state index contributed by atoms with van der Waals surface area (Å²) in [6.45, 7) is 1.26. The highest BCUT2D eigenvalue weighted by molar-refractivity contribution is 7.91. The normalized spacial score (nSPS) is 11.4. The van der Waals surface area contributed by atoms with E-state index >= 15 is 0 Å². The van der Waals surface area contributed by atoms with Gasteiger partial charge in [0, 0.05) is 19.0 Å². The second kappa shape index (κ2) is 5.52. The molecule has 0 radical (unpaired) electrons. The van der Waals surface area contributed by atoms with Gasteiger partial charge in [-0.05, 0) is 0 Å². The van der Waals surface area contributed by atoms with Crippen LogP contribution in [-0.2, 0) is 21.4 Å². The van der Waals surface area contributed by atoms with Gasteiger partial charge in [0.25, 0.3) is 10.0 Å². The Morgan fingerprint density at radius 1 is 1.50 bits per heavy atom. The summed E-state index contributed by atoms with van der Waals surface area (Å²) in [6, 6.07) is 0. The van der Waals surface area contributed by atoms with E-state index in [1.54, 1.807) is 0 Å². The molecule has 0 atom stereocenters. The van der Waals surface area contributed by atoms with E-state index in [1.165, 1.54) is 13.1 Å². The Morgan fingerprint density at radius 3 is 2.85 bits per heavy atom. The topological polar surface area (TPSA) is 156 Å². The fraction of sp³-hybridized carbons (Fsp3) is 0.250. The number of amides is 1. The smallest absolute Gasteiger partial charge is 0.270 e. The molecule has 20 heavy (non-hydrogen) atoms. The zero-order chi connectivity index (χ0) is 14.8. The number of aromatic amines is 1. The van der Waals surface area contributed by atoms with Crippen molar-refractivity contribution >= 4 is 38.2 Å². The highest BCUT2D eigenvalue weighted by Gasteiger charge is 2.20. The van der Waals surface area contributed by atoms with Gasteiger partial charge in [0.2, 0.25) is 15.4 Å². The van der Waals surface area contributed by atoms with Crippen LogP contribution in [0.2, 0.25) is 0 Å². The van der Waals surface area contributed by atoms with Crippen LogP contribution in [0.1, 0.15) is 12.5 Å². The number of nitrogens with one attached hydrogen (secondary N) is 3. The van der Waals surface area contributed by atoms with Gasteiger partial charge in [-0.2, -0.15) is 5.10 Å². The Balaban J connectivity index is 2.08. The van der Waals surface area contributed by atoms with E-state index in [1.807, 2.05) is 0 Å². The average molecular weight is 317 g/mol. The van der Waals surface area contributed by atoms with E-state index in [0.29, 0.717) is 5.56 Å². The molecule has 0 aliphatic carbocycles. The molecule has 2 aromatic heterocycles. The van der Waals surface area contributed by atoms with Crippen molar-refractivity contribution in [3.63, 3.8) is 0 Å². The number of carbonyl (C=O) groups excluding carboxylic acids is 1. The average Bonchev–Trinajstić information content (AvgIpc) is 2.95. The van der Waals surface area contributed by atoms with Crippen LogP contribution in [0.15, 0.2) is 10.5 Å². The van der Waals surface area contributed by atoms with E-state index in [4.69, 9.17) is 5.73 Å². The lowest BCUT2D eigenvalue weighted by molar-refractivity contribution is -0.114. The second-order valence-corrected chi connectivity index (χ2v) is 6.61. The summed E-state index contributed by atoms with van der Waals surface area (Å²) in [6.07, 6.45) is 1.42. The molecular formula is C8H11N7O3S2. The maximum absolute atomic E-state index is 12.0. The van der Waals surface area contributed by atoms with Crippen molar-refractivity contribution in [3.8, 4) is 0 Å². The molecule has 0 saturated heterocycles. The quantitative estimate of drug-likeness (QED) is 0.530. The molecule has 0 saturated carbocycles. The number of aromatic nitrogens is 4. The van der Waals surface area contributed by atoms with E-state index < -0.39 is 10.0 Å². The van der Waals surface area contributed by atoms with Gasteiger partial charge in [0.05, 0.1) is 6.20 Å². The van der Waals surface area contributed by atoms with Crippen LogP contribution >= 0.6 is 11.3 Å². The summed E-state index contributed by atoms with van der Waals surface area (Å²) >= 11 is 0.750. The Bertz CT molecular complexity index is 720. The summed E-state index contributed by atoms with van der Waals surface area (Å²) < 4.78 is 26.0. The molecule has 10 nitrogen and oxygen atoms in total. The van der Waals surface area contributed by atoms with Crippen molar-refractivity contribution in [2.75, 3.05) is 11.1 Å². The predicted octanol–water partition coefficient (Wildman–Crippen LogP) is -0.720. The van der Waals surface area contributed by atoms with E-state index in [-0.39, 0.29) is 27.7 Å². The van der Waals surface area contributed by atoms with Gasteiger partial charge in [-0.25, -0.2) is 13.1 Å². The van der Waals surface area contributed by atoms with Crippen LogP contribution in [0.25, 0.3) is 0 Å². The molecular weight excluding hydrogens is 306 g/mol. The third kappa shape index (κ3) is 3.28. The number of nitrogens with zero attached hydrogens (tertiary/aromatic N) is 3. The van der Waals surface area contributed by atoms with Crippen LogP contribution in [-0.4, -0.2) is 34.7 Å². The molecule has 0 aliphatic rings. The third-order valence-corrected chi connectivity index (χ3v) is 4.73. The molecule has 2 heterocycles. The van der Waals surface area contributed by atoms with E-state index in [9.17, 15) is 13.2 Å². The lowest BCUT2D eigenvalue weighted by Gasteiger charge is -2.01. The zero-order valence-corrected chi connectivity index (χ0v) is 11.9. The number of sulfonamides is 1. The van der Waals surface area contributed by atoms with Crippen molar-refractivity contribution in [1.29, 1.82) is 0 Å². The molecule has 2 aromatic rings. The minimum absolute atomic E-state index is 0.0281. The predicted molar refractivity (Wildman–Crippen MR) is 71.2 cm³/mol. The number of hydrogen-bond acceptors (Lipinski definition) is 8. The summed E-state index contributed by atoms with van der Waals surface area (Å²) in [5.41, 5.74) is 6.06. The lowest BCUT2D eigenvalue weighted by Crippen LogP contribution is -2.23. The summed E-state index contributed by atoms with van der Waals surface area (Å²) in [7, 11) is -3.82. The number of H-pyrrole nitrogens is 1. The first kappa shape index (κ1) is 14.4. The van der Waals surface area contributed by atoms with Crippen molar-refractivity contribution < 1.29 is 13.2 Å². The maximum atomic E-state index is 12.0. The van der Waals surface area contributed by atoms with Gasteiger partial charge in [-0.15, -0.1) is 10.2 Å². The van der Waals surface area contributed by atoms with Crippen molar-refractivity contribution in [3.05, 3.63) is 11.8 Å². The lowest BCUT2D eigenvalue weighted by atomic mass is 10.3. The van der Waals surface area contributed by atoms with Gasteiger partial charge >= 0.3 is 0 Å². The number of anilines is 2. The van der Waals surface area contributed by atoms with Crippen molar-refractivity contribution in [2.24, 2.45) is 0 Å². The molecule has 0 unspecified atom stereocenters. The van der Waals surface area contributed by atoms with Crippen LogP contribution < -0.4 is 15.8 Å². The van der Waals surface area contributed by atoms with Crippen LogP contribution in [0.5, 0.6) is 0 Å². The van der Waals surface area contributed by atoms with E-state index in [0.717, 1.165) is 11.3 Å². The Kier molecular flexibility index (Phi) is 3.96. The largest absolute Gasteiger partial charge is 0.384 e. The minimum atomic E-state index is -3.82. The molecule has 0 aromatic carbocycles. The van der Waals surface area contributed by atoms with Crippen molar-refractivity contribution in [2.45, 2.75) is 17.8 Å². The first-order valence-corrected chi connectivity index (χ1v) is 7.57. The van der Waals surface area contributed by atoms with Crippen LogP contribution in [0.3, 0.4) is 0 Å². The zero-order valence-electron chi connectivity index (χ0n) is 10.2. The fourth-order valence-electron chi connectivity index (χ4n) is 1.22. The molecule has 1 amide bonds. The number of carbonyl (C=O) groups is 1. The minimum Gasteiger partial charge on any atom is -0.384 e. The maximum Gasteiger partial charge on any atom is 0.270 e. The first-order chi connectivity index (χ1) is 9.38. The molecule has 108 valence electrons. The second-order valence-electron chi connectivity index (χ2n) is 3.69. The standard InChI is InChI=1S/C8H11N7O3S2/c1-4(16)12-7-14-15-8(19-7)20(17,18)11-3-5-2-10-13-6(5)9/h2,11H,3H2,1H3,(H3,9,10,13)(H,12,14,16). The van der Waals surface area contributed by atoms with E-state index in [2.05, 4.69) is 30.4 Å². The summed E-state index contributed by atoms with van der Waals surface area (Å²) in [5, 5.41) is 15.7. The third-order valence-electron chi connectivity index (χ3n) is 2.12. The number of nitrogens with two attached hydrogens (primary N) is 1. The molecule has 0 fully saturated rings. The molecule has 0 aliphatic heterocycles. The number of hydrogen-bond donors (Lipinski definition) is 4. The van der Waals surface area contributed by atoms with Gasteiger partial charge in [-0.3, -0.25) is 9.89 Å². The molecule has 12 heteroatoms. The summed E-state index contributed by atoms with van der Waals surface area (Å²) in [4.78, 5) is 10.8. The van der Waals surface area contributed by atoms with Gasteiger partial charge in [0.1, 0.15) is 5.82 Å². The number of rotatable bonds is 5. The Labute approximate surface area is 117 Å². The molecule has 5 N–H and O–H groups in total. The van der Waals surface area contributed by atoms with Crippen molar-refractivity contribution in [1.82, 2.24) is 25.1 Å². The van der Waals surface area contributed by atoms with Crippen LogP contribution in [0, 0.1) is 0 Å². The number of nitrogen functional groups attached to an aromatic ring is 1. The molecule has 0 spiro atoms. The SMILES string of the molecule is CC(=O)Nc1nnc(S(=O)(=O)NCc2cn[nH]c2N)s1. The fourth-order valence-corrected chi connectivity index (χ4v) is 3.21. The monoisotopic (exact) mass is 317 g/mol. The molecule has 0 bridgehead atoms. The summed E-state index contributed by atoms with van der Waals surface area (Å²) in [5.74, 6) is -0.0758.